The molecular weight excluding hydrogens is 212 g/mol. The summed E-state index contributed by atoms with van der Waals surface area (Å²) >= 11 is 0. The molecule has 1 aromatic rings. The fraction of sp³-hybridized carbons (Fsp3) is 0.500. The second kappa shape index (κ2) is 7.83. The molecule has 1 aromatic carbocycles. The van der Waals surface area contributed by atoms with E-state index < -0.39 is 0 Å². The molecule has 92 valence electrons. The SMILES string of the molecule is CC(CCO)CNCC(C#N)c1ccccc1. The molecule has 0 fully saturated rings. The van der Waals surface area contributed by atoms with Gasteiger partial charge in [0.2, 0.25) is 0 Å². The topological polar surface area (TPSA) is 56.0 Å². The van der Waals surface area contributed by atoms with E-state index in [1.54, 1.807) is 0 Å². The molecule has 3 heteroatoms. The van der Waals surface area contributed by atoms with Crippen molar-refractivity contribution in [1.82, 2.24) is 5.32 Å². The quantitative estimate of drug-likeness (QED) is 0.755. The fourth-order valence-electron chi connectivity index (χ4n) is 1.72. The maximum absolute atomic E-state index is 9.12. The van der Waals surface area contributed by atoms with Crippen molar-refractivity contribution in [3.63, 3.8) is 0 Å². The van der Waals surface area contributed by atoms with E-state index in [4.69, 9.17) is 10.4 Å². The number of rotatable bonds is 7. The van der Waals surface area contributed by atoms with Gasteiger partial charge in [0.25, 0.3) is 0 Å². The van der Waals surface area contributed by atoms with Crippen LogP contribution in [0.2, 0.25) is 0 Å². The molecular formula is C14H20N2O. The third-order valence-corrected chi connectivity index (χ3v) is 2.82. The van der Waals surface area contributed by atoms with Crippen molar-refractivity contribution in [2.75, 3.05) is 19.7 Å². The molecule has 0 spiro atoms. The molecule has 2 N–H and O–H groups in total. The lowest BCUT2D eigenvalue weighted by Crippen LogP contribution is -2.26. The summed E-state index contributed by atoms with van der Waals surface area (Å²) < 4.78 is 0. The Morgan fingerprint density at radius 1 is 1.29 bits per heavy atom. The van der Waals surface area contributed by atoms with Gasteiger partial charge in [-0.2, -0.15) is 5.26 Å². The number of hydrogen-bond acceptors (Lipinski definition) is 3. The summed E-state index contributed by atoms with van der Waals surface area (Å²) in [6, 6.07) is 12.1. The van der Waals surface area contributed by atoms with Crippen LogP contribution in [-0.2, 0) is 0 Å². The Kier molecular flexibility index (Phi) is 6.31. The van der Waals surface area contributed by atoms with Gasteiger partial charge in [-0.25, -0.2) is 0 Å². The molecule has 0 aromatic heterocycles. The van der Waals surface area contributed by atoms with Gasteiger partial charge < -0.3 is 10.4 Å². The predicted octanol–water partition coefficient (Wildman–Crippen LogP) is 1.90. The van der Waals surface area contributed by atoms with E-state index in [1.807, 2.05) is 30.3 Å². The van der Waals surface area contributed by atoms with Gasteiger partial charge in [0.15, 0.2) is 0 Å². The minimum atomic E-state index is -0.0995. The average Bonchev–Trinajstić information content (AvgIpc) is 2.36. The summed E-state index contributed by atoms with van der Waals surface area (Å²) in [5, 5.41) is 21.2. The van der Waals surface area contributed by atoms with Crippen molar-refractivity contribution < 1.29 is 5.11 Å². The third-order valence-electron chi connectivity index (χ3n) is 2.82. The Morgan fingerprint density at radius 3 is 2.59 bits per heavy atom. The molecule has 0 radical (unpaired) electrons. The lowest BCUT2D eigenvalue weighted by Gasteiger charge is -2.14. The van der Waals surface area contributed by atoms with Crippen LogP contribution >= 0.6 is 0 Å². The van der Waals surface area contributed by atoms with E-state index in [0.29, 0.717) is 12.5 Å². The van der Waals surface area contributed by atoms with Gasteiger partial charge in [-0.3, -0.25) is 0 Å². The highest BCUT2D eigenvalue weighted by molar-refractivity contribution is 5.24. The maximum atomic E-state index is 9.12. The lowest BCUT2D eigenvalue weighted by atomic mass is 10.0. The molecule has 0 aliphatic carbocycles. The Balaban J connectivity index is 2.37. The molecule has 0 heterocycles. The van der Waals surface area contributed by atoms with Gasteiger partial charge in [-0.05, 0) is 24.4 Å². The predicted molar refractivity (Wildman–Crippen MR) is 68.5 cm³/mol. The molecule has 0 saturated carbocycles. The van der Waals surface area contributed by atoms with E-state index in [9.17, 15) is 0 Å². The number of benzene rings is 1. The van der Waals surface area contributed by atoms with Crippen molar-refractivity contribution in [2.24, 2.45) is 5.92 Å². The Labute approximate surface area is 103 Å². The van der Waals surface area contributed by atoms with Crippen molar-refractivity contribution in [3.05, 3.63) is 35.9 Å². The molecule has 2 atom stereocenters. The molecule has 0 aliphatic rings. The minimum absolute atomic E-state index is 0.0995. The summed E-state index contributed by atoms with van der Waals surface area (Å²) in [5.74, 6) is 0.340. The first-order chi connectivity index (χ1) is 8.27. The second-order valence-corrected chi connectivity index (χ2v) is 4.37. The summed E-state index contributed by atoms with van der Waals surface area (Å²) in [7, 11) is 0. The van der Waals surface area contributed by atoms with Crippen LogP contribution in [-0.4, -0.2) is 24.8 Å². The molecule has 3 nitrogen and oxygen atoms in total. The number of aliphatic hydroxyl groups is 1. The number of hydrogen-bond donors (Lipinski definition) is 2. The van der Waals surface area contributed by atoms with Crippen LogP contribution in [0.25, 0.3) is 0 Å². The number of nitrogens with one attached hydrogen (secondary N) is 1. The van der Waals surface area contributed by atoms with Gasteiger partial charge in [0.05, 0.1) is 12.0 Å². The molecule has 0 aliphatic heterocycles. The summed E-state index contributed by atoms with van der Waals surface area (Å²) in [4.78, 5) is 0. The Morgan fingerprint density at radius 2 is 2.00 bits per heavy atom. The molecule has 0 saturated heterocycles. The fourth-order valence-corrected chi connectivity index (χ4v) is 1.72. The Bertz CT molecular complexity index is 345. The number of nitriles is 1. The zero-order valence-electron chi connectivity index (χ0n) is 10.3. The van der Waals surface area contributed by atoms with E-state index in [2.05, 4.69) is 18.3 Å². The van der Waals surface area contributed by atoms with E-state index in [0.717, 1.165) is 18.5 Å². The highest BCUT2D eigenvalue weighted by Crippen LogP contribution is 2.13. The smallest absolute Gasteiger partial charge is 0.0837 e. The van der Waals surface area contributed by atoms with Crippen LogP contribution in [0.3, 0.4) is 0 Å². The van der Waals surface area contributed by atoms with Crippen LogP contribution < -0.4 is 5.32 Å². The highest BCUT2D eigenvalue weighted by Gasteiger charge is 2.10. The van der Waals surface area contributed by atoms with E-state index in [1.165, 1.54) is 0 Å². The van der Waals surface area contributed by atoms with Crippen LogP contribution in [0.15, 0.2) is 30.3 Å². The lowest BCUT2D eigenvalue weighted by molar-refractivity contribution is 0.260. The summed E-state index contributed by atoms with van der Waals surface area (Å²) in [5.41, 5.74) is 1.05. The molecule has 1 rings (SSSR count). The standard InChI is InChI=1S/C14H20N2O/c1-12(7-8-17)10-16-11-14(9-15)13-5-3-2-4-6-13/h2-6,12,14,16-17H,7-8,10-11H2,1H3. The highest BCUT2D eigenvalue weighted by atomic mass is 16.3. The molecule has 0 bridgehead atoms. The van der Waals surface area contributed by atoms with Crippen LogP contribution in [0.5, 0.6) is 0 Å². The summed E-state index contributed by atoms with van der Waals surface area (Å²) in [6.07, 6.45) is 0.801. The molecule has 0 amide bonds. The second-order valence-electron chi connectivity index (χ2n) is 4.37. The monoisotopic (exact) mass is 232 g/mol. The van der Waals surface area contributed by atoms with E-state index >= 15 is 0 Å². The molecule has 17 heavy (non-hydrogen) atoms. The number of aliphatic hydroxyl groups excluding tert-OH is 1. The van der Waals surface area contributed by atoms with Gasteiger partial charge in [0.1, 0.15) is 0 Å². The van der Waals surface area contributed by atoms with Crippen LogP contribution in [0, 0.1) is 17.2 Å². The van der Waals surface area contributed by atoms with Gasteiger partial charge in [-0.1, -0.05) is 37.3 Å². The van der Waals surface area contributed by atoms with Crippen molar-refractivity contribution in [1.29, 1.82) is 5.26 Å². The van der Waals surface area contributed by atoms with Gasteiger partial charge >= 0.3 is 0 Å². The van der Waals surface area contributed by atoms with Crippen molar-refractivity contribution >= 4 is 0 Å². The summed E-state index contributed by atoms with van der Waals surface area (Å²) in [6.45, 7) is 3.82. The van der Waals surface area contributed by atoms with Crippen LogP contribution in [0.4, 0.5) is 0 Å². The van der Waals surface area contributed by atoms with Crippen molar-refractivity contribution in [2.45, 2.75) is 19.3 Å². The zero-order valence-corrected chi connectivity index (χ0v) is 10.3. The molecule has 2 unspecified atom stereocenters. The van der Waals surface area contributed by atoms with E-state index in [-0.39, 0.29) is 12.5 Å². The van der Waals surface area contributed by atoms with Gasteiger partial charge in [0, 0.05) is 13.2 Å². The number of nitrogens with zero attached hydrogens (tertiary/aromatic N) is 1. The third kappa shape index (κ3) is 4.99. The van der Waals surface area contributed by atoms with Gasteiger partial charge in [-0.15, -0.1) is 0 Å². The minimum Gasteiger partial charge on any atom is -0.396 e. The maximum Gasteiger partial charge on any atom is 0.0837 e. The first kappa shape index (κ1) is 13.7. The average molecular weight is 232 g/mol. The van der Waals surface area contributed by atoms with Crippen LogP contribution in [0.1, 0.15) is 24.8 Å². The zero-order chi connectivity index (χ0) is 12.5. The largest absolute Gasteiger partial charge is 0.396 e. The first-order valence-corrected chi connectivity index (χ1v) is 6.04. The normalized spacial score (nSPS) is 13.9. The Hall–Kier alpha value is -1.37. The van der Waals surface area contributed by atoms with Crippen molar-refractivity contribution in [3.8, 4) is 6.07 Å². The first-order valence-electron chi connectivity index (χ1n) is 6.04.